The maximum absolute atomic E-state index is 12.5. The Morgan fingerprint density at radius 2 is 2.20 bits per heavy atom. The molecule has 0 aromatic carbocycles. The molecule has 0 N–H and O–H groups in total. The zero-order valence-electron chi connectivity index (χ0n) is 11.4. The van der Waals surface area contributed by atoms with E-state index in [-0.39, 0.29) is 5.91 Å². The molecule has 0 spiro atoms. The molecule has 1 aliphatic heterocycles. The number of carbonyl (C=O) groups is 1. The molecule has 0 aliphatic carbocycles. The number of carbonyl (C=O) groups excluding carboxylic acids is 1. The van der Waals surface area contributed by atoms with Crippen molar-refractivity contribution in [2.45, 2.75) is 31.7 Å². The van der Waals surface area contributed by atoms with Crippen molar-refractivity contribution in [3.05, 3.63) is 52.5 Å². The van der Waals surface area contributed by atoms with Crippen molar-refractivity contribution in [1.29, 1.82) is 0 Å². The maximum Gasteiger partial charge on any atom is 0.264 e. The molecule has 4 heteroatoms. The molecule has 0 saturated carbocycles. The second-order valence-electron chi connectivity index (χ2n) is 5.17. The first-order valence-electron chi connectivity index (χ1n) is 7.08. The van der Waals surface area contributed by atoms with Crippen molar-refractivity contribution in [1.82, 2.24) is 9.88 Å². The van der Waals surface area contributed by atoms with Gasteiger partial charge in [0.2, 0.25) is 0 Å². The van der Waals surface area contributed by atoms with Gasteiger partial charge in [0.1, 0.15) is 0 Å². The lowest BCUT2D eigenvalue weighted by Crippen LogP contribution is -2.35. The van der Waals surface area contributed by atoms with Crippen molar-refractivity contribution < 1.29 is 4.79 Å². The van der Waals surface area contributed by atoms with Crippen LogP contribution in [0.5, 0.6) is 0 Å². The summed E-state index contributed by atoms with van der Waals surface area (Å²) in [5, 5.41) is 1.97. The summed E-state index contributed by atoms with van der Waals surface area (Å²) in [7, 11) is 0. The molecule has 104 valence electrons. The van der Waals surface area contributed by atoms with E-state index in [1.54, 1.807) is 0 Å². The van der Waals surface area contributed by atoms with Gasteiger partial charge in [-0.1, -0.05) is 6.07 Å². The minimum atomic E-state index is 0.206. The van der Waals surface area contributed by atoms with Crippen molar-refractivity contribution in [2.24, 2.45) is 0 Å². The summed E-state index contributed by atoms with van der Waals surface area (Å²) in [6, 6.07) is 8.36. The standard InChI is InChI=1S/C16H18N2OS/c19-16(15-4-2-12-20-15)18-11-1-3-14(18)6-5-13-7-9-17-10-8-13/h2,4,7-10,12,14H,1,3,5-6,11H2. The van der Waals surface area contributed by atoms with Crippen LogP contribution in [-0.2, 0) is 6.42 Å². The first-order valence-corrected chi connectivity index (χ1v) is 7.96. The quantitative estimate of drug-likeness (QED) is 0.863. The Morgan fingerprint density at radius 3 is 2.95 bits per heavy atom. The summed E-state index contributed by atoms with van der Waals surface area (Å²) in [5.41, 5.74) is 1.30. The van der Waals surface area contributed by atoms with Gasteiger partial charge in [-0.3, -0.25) is 9.78 Å². The van der Waals surface area contributed by atoms with Gasteiger partial charge in [-0.05, 0) is 54.8 Å². The minimum absolute atomic E-state index is 0.206. The van der Waals surface area contributed by atoms with Gasteiger partial charge in [0.25, 0.3) is 5.91 Å². The van der Waals surface area contributed by atoms with E-state index in [4.69, 9.17) is 0 Å². The molecule has 3 nitrogen and oxygen atoms in total. The van der Waals surface area contributed by atoms with Gasteiger partial charge in [-0.25, -0.2) is 0 Å². The summed E-state index contributed by atoms with van der Waals surface area (Å²) in [6.45, 7) is 0.901. The van der Waals surface area contributed by atoms with E-state index in [2.05, 4.69) is 22.0 Å². The topological polar surface area (TPSA) is 33.2 Å². The molecule has 1 unspecified atom stereocenters. The fraction of sp³-hybridized carbons (Fsp3) is 0.375. The highest BCUT2D eigenvalue weighted by molar-refractivity contribution is 7.12. The number of pyridine rings is 1. The van der Waals surface area contributed by atoms with Crippen LogP contribution in [-0.4, -0.2) is 28.4 Å². The Bertz CT molecular complexity index is 553. The van der Waals surface area contributed by atoms with Crippen LogP contribution in [0.1, 0.15) is 34.5 Å². The third kappa shape index (κ3) is 2.90. The second kappa shape index (κ2) is 6.18. The highest BCUT2D eigenvalue weighted by atomic mass is 32.1. The number of nitrogens with zero attached hydrogens (tertiary/aromatic N) is 2. The highest BCUT2D eigenvalue weighted by Gasteiger charge is 2.29. The summed E-state index contributed by atoms with van der Waals surface area (Å²) >= 11 is 1.53. The molecule has 1 amide bonds. The minimum Gasteiger partial charge on any atom is -0.335 e. The molecule has 20 heavy (non-hydrogen) atoms. The van der Waals surface area contributed by atoms with Crippen LogP contribution in [0.25, 0.3) is 0 Å². The predicted octanol–water partition coefficient (Wildman–Crippen LogP) is 3.38. The van der Waals surface area contributed by atoms with E-state index in [9.17, 15) is 4.79 Å². The Kier molecular flexibility index (Phi) is 4.11. The van der Waals surface area contributed by atoms with E-state index in [1.165, 1.54) is 16.9 Å². The van der Waals surface area contributed by atoms with Crippen LogP contribution in [0.3, 0.4) is 0 Å². The van der Waals surface area contributed by atoms with Gasteiger partial charge in [0, 0.05) is 25.0 Å². The van der Waals surface area contributed by atoms with Crippen molar-refractivity contribution in [3.8, 4) is 0 Å². The van der Waals surface area contributed by atoms with Crippen molar-refractivity contribution in [2.75, 3.05) is 6.54 Å². The summed E-state index contributed by atoms with van der Waals surface area (Å²) in [5.74, 6) is 0.206. The normalized spacial score (nSPS) is 18.4. The molecule has 1 atom stereocenters. The fourth-order valence-corrected chi connectivity index (χ4v) is 3.51. The zero-order valence-corrected chi connectivity index (χ0v) is 12.2. The molecule has 2 aromatic heterocycles. The largest absolute Gasteiger partial charge is 0.335 e. The smallest absolute Gasteiger partial charge is 0.264 e. The van der Waals surface area contributed by atoms with Gasteiger partial charge in [-0.2, -0.15) is 0 Å². The predicted molar refractivity (Wildman–Crippen MR) is 80.9 cm³/mol. The lowest BCUT2D eigenvalue weighted by molar-refractivity contribution is 0.0735. The van der Waals surface area contributed by atoms with Crippen molar-refractivity contribution >= 4 is 17.2 Å². The van der Waals surface area contributed by atoms with Gasteiger partial charge in [-0.15, -0.1) is 11.3 Å². The molecular formula is C16H18N2OS. The Morgan fingerprint density at radius 1 is 1.35 bits per heavy atom. The first-order chi connectivity index (χ1) is 9.84. The number of aryl methyl sites for hydroxylation is 1. The average Bonchev–Trinajstić information content (AvgIpc) is 3.17. The Balaban J connectivity index is 1.63. The van der Waals surface area contributed by atoms with E-state index in [0.717, 1.165) is 37.1 Å². The molecule has 1 saturated heterocycles. The number of amides is 1. The number of rotatable bonds is 4. The van der Waals surface area contributed by atoms with Crippen LogP contribution in [0.4, 0.5) is 0 Å². The molecule has 3 heterocycles. The molecular weight excluding hydrogens is 268 g/mol. The monoisotopic (exact) mass is 286 g/mol. The number of thiophene rings is 1. The molecule has 1 fully saturated rings. The van der Waals surface area contributed by atoms with Crippen LogP contribution < -0.4 is 0 Å². The summed E-state index contributed by atoms with van der Waals surface area (Å²) in [6.07, 6.45) is 7.97. The third-order valence-electron chi connectivity index (χ3n) is 3.89. The molecule has 2 aromatic rings. The van der Waals surface area contributed by atoms with Gasteiger partial charge in [0.15, 0.2) is 0 Å². The SMILES string of the molecule is O=C(c1cccs1)N1CCCC1CCc1ccncc1. The lowest BCUT2D eigenvalue weighted by atomic mass is 10.0. The van der Waals surface area contributed by atoms with Crippen molar-refractivity contribution in [3.63, 3.8) is 0 Å². The van der Waals surface area contributed by atoms with Crippen LogP contribution in [0.2, 0.25) is 0 Å². The number of likely N-dealkylation sites (tertiary alicyclic amines) is 1. The van der Waals surface area contributed by atoms with E-state index in [1.807, 2.05) is 29.9 Å². The van der Waals surface area contributed by atoms with E-state index >= 15 is 0 Å². The van der Waals surface area contributed by atoms with Crippen LogP contribution in [0.15, 0.2) is 42.0 Å². The summed E-state index contributed by atoms with van der Waals surface area (Å²) < 4.78 is 0. The third-order valence-corrected chi connectivity index (χ3v) is 4.74. The van der Waals surface area contributed by atoms with Crippen LogP contribution >= 0.6 is 11.3 Å². The maximum atomic E-state index is 12.5. The highest BCUT2D eigenvalue weighted by Crippen LogP contribution is 2.25. The molecule has 0 bridgehead atoms. The zero-order chi connectivity index (χ0) is 13.8. The Labute approximate surface area is 123 Å². The summed E-state index contributed by atoms with van der Waals surface area (Å²) in [4.78, 5) is 19.4. The van der Waals surface area contributed by atoms with Gasteiger partial charge < -0.3 is 4.90 Å². The average molecular weight is 286 g/mol. The fourth-order valence-electron chi connectivity index (χ4n) is 2.83. The molecule has 3 rings (SSSR count). The van der Waals surface area contributed by atoms with Gasteiger partial charge >= 0.3 is 0 Å². The number of aromatic nitrogens is 1. The Hall–Kier alpha value is -1.68. The van der Waals surface area contributed by atoms with Gasteiger partial charge in [0.05, 0.1) is 4.88 Å². The molecule has 1 aliphatic rings. The number of hydrogen-bond acceptors (Lipinski definition) is 3. The second-order valence-corrected chi connectivity index (χ2v) is 6.11. The van der Waals surface area contributed by atoms with E-state index in [0.29, 0.717) is 6.04 Å². The molecule has 0 radical (unpaired) electrons. The first kappa shape index (κ1) is 13.3. The van der Waals surface area contributed by atoms with Crippen LogP contribution in [0, 0.1) is 0 Å². The number of hydrogen-bond donors (Lipinski definition) is 0. The lowest BCUT2D eigenvalue weighted by Gasteiger charge is -2.24. The van der Waals surface area contributed by atoms with E-state index < -0.39 is 0 Å².